The van der Waals surface area contributed by atoms with Crippen LogP contribution in [0.2, 0.25) is 0 Å². The Morgan fingerprint density at radius 1 is 1.44 bits per heavy atom. The van der Waals surface area contributed by atoms with Crippen LogP contribution in [0, 0.1) is 0 Å². The minimum absolute atomic E-state index is 0.118. The van der Waals surface area contributed by atoms with Gasteiger partial charge in [-0.2, -0.15) is 0 Å². The van der Waals surface area contributed by atoms with E-state index < -0.39 is 0 Å². The Bertz CT molecular complexity index is 380. The van der Waals surface area contributed by atoms with Gasteiger partial charge >= 0.3 is 0 Å². The Labute approximate surface area is 103 Å². The third-order valence-electron chi connectivity index (χ3n) is 2.49. The zero-order valence-corrected chi connectivity index (χ0v) is 10.6. The molecular formula is C11H14BrNO3. The lowest BCUT2D eigenvalue weighted by atomic mass is 10.1. The topological polar surface area (TPSA) is 53.7 Å². The predicted molar refractivity (Wildman–Crippen MR) is 63.9 cm³/mol. The van der Waals surface area contributed by atoms with Crippen molar-refractivity contribution in [1.29, 1.82) is 0 Å². The Morgan fingerprint density at radius 2 is 2.19 bits per heavy atom. The van der Waals surface area contributed by atoms with E-state index in [2.05, 4.69) is 15.9 Å². The lowest BCUT2D eigenvalue weighted by Crippen LogP contribution is -2.18. The molecule has 2 rings (SSSR count). The third-order valence-corrected chi connectivity index (χ3v) is 3.08. The molecule has 0 fully saturated rings. The van der Waals surface area contributed by atoms with Gasteiger partial charge in [-0.1, -0.05) is 0 Å². The molecule has 1 unspecified atom stereocenters. The normalized spacial score (nSPS) is 15.9. The minimum Gasteiger partial charge on any atom is -0.486 e. The second-order valence-corrected chi connectivity index (χ2v) is 4.34. The lowest BCUT2D eigenvalue weighted by molar-refractivity contribution is 0.109. The highest BCUT2D eigenvalue weighted by atomic mass is 79.9. The summed E-state index contributed by atoms with van der Waals surface area (Å²) in [6, 6.07) is 3.87. The minimum atomic E-state index is -0.118. The largest absolute Gasteiger partial charge is 0.486 e. The van der Waals surface area contributed by atoms with Crippen molar-refractivity contribution in [2.24, 2.45) is 5.73 Å². The number of halogens is 1. The molecule has 2 N–H and O–H groups in total. The van der Waals surface area contributed by atoms with E-state index in [0.717, 1.165) is 21.5 Å². The van der Waals surface area contributed by atoms with Gasteiger partial charge in [-0.05, 0) is 33.6 Å². The summed E-state index contributed by atoms with van der Waals surface area (Å²) in [6.45, 7) is 1.58. The first-order valence-electron chi connectivity index (χ1n) is 5.08. The van der Waals surface area contributed by atoms with Crippen molar-refractivity contribution in [2.75, 3.05) is 26.9 Å². The van der Waals surface area contributed by atoms with Crippen LogP contribution < -0.4 is 15.2 Å². The van der Waals surface area contributed by atoms with Gasteiger partial charge in [0.05, 0.1) is 10.6 Å². The van der Waals surface area contributed by atoms with E-state index in [1.807, 2.05) is 12.1 Å². The Hall–Kier alpha value is -0.780. The van der Waals surface area contributed by atoms with Crippen LogP contribution in [0.25, 0.3) is 0 Å². The van der Waals surface area contributed by atoms with Gasteiger partial charge in [0.25, 0.3) is 0 Å². The maximum atomic E-state index is 5.63. The lowest BCUT2D eigenvalue weighted by Gasteiger charge is -2.22. The van der Waals surface area contributed by atoms with Gasteiger partial charge in [0.1, 0.15) is 13.2 Å². The monoisotopic (exact) mass is 287 g/mol. The molecule has 1 atom stereocenters. The summed E-state index contributed by atoms with van der Waals surface area (Å²) in [4.78, 5) is 0. The molecule has 0 radical (unpaired) electrons. The highest BCUT2D eigenvalue weighted by Gasteiger charge is 2.19. The van der Waals surface area contributed by atoms with Crippen LogP contribution in [0.5, 0.6) is 11.5 Å². The summed E-state index contributed by atoms with van der Waals surface area (Å²) >= 11 is 3.46. The van der Waals surface area contributed by atoms with Gasteiger partial charge < -0.3 is 19.9 Å². The molecule has 0 aromatic heterocycles. The standard InChI is InChI=1S/C11H14BrNO3/c1-14-10(6-13)7-4-8(12)11-9(5-7)15-2-3-16-11/h4-5,10H,2-3,6,13H2,1H3. The summed E-state index contributed by atoms with van der Waals surface area (Å²) < 4.78 is 17.2. The molecule has 1 heterocycles. The van der Waals surface area contributed by atoms with Crippen LogP contribution in [0.1, 0.15) is 11.7 Å². The molecule has 0 spiro atoms. The zero-order valence-electron chi connectivity index (χ0n) is 9.03. The molecule has 0 bridgehead atoms. The first-order valence-corrected chi connectivity index (χ1v) is 5.87. The maximum Gasteiger partial charge on any atom is 0.175 e. The van der Waals surface area contributed by atoms with Gasteiger partial charge in [0.2, 0.25) is 0 Å². The van der Waals surface area contributed by atoms with Crippen LogP contribution in [0.15, 0.2) is 16.6 Å². The quantitative estimate of drug-likeness (QED) is 0.922. The highest BCUT2D eigenvalue weighted by Crippen LogP contribution is 2.40. The molecule has 0 saturated carbocycles. The van der Waals surface area contributed by atoms with Crippen molar-refractivity contribution in [2.45, 2.75) is 6.10 Å². The van der Waals surface area contributed by atoms with Gasteiger partial charge in [-0.25, -0.2) is 0 Å². The first-order chi connectivity index (χ1) is 7.76. The van der Waals surface area contributed by atoms with Gasteiger partial charge in [-0.3, -0.25) is 0 Å². The van der Waals surface area contributed by atoms with E-state index in [-0.39, 0.29) is 6.10 Å². The fraction of sp³-hybridized carbons (Fsp3) is 0.455. The summed E-state index contributed by atoms with van der Waals surface area (Å²) in [7, 11) is 1.64. The predicted octanol–water partition coefficient (Wildman–Crippen LogP) is 1.87. The van der Waals surface area contributed by atoms with Crippen LogP contribution in [0.3, 0.4) is 0 Å². The molecule has 88 valence electrons. The van der Waals surface area contributed by atoms with Crippen LogP contribution in [0.4, 0.5) is 0 Å². The molecule has 1 aromatic rings. The Balaban J connectivity index is 2.38. The van der Waals surface area contributed by atoms with Crippen molar-refractivity contribution in [3.8, 4) is 11.5 Å². The van der Waals surface area contributed by atoms with Crippen molar-refractivity contribution in [3.63, 3.8) is 0 Å². The average molecular weight is 288 g/mol. The first kappa shape index (κ1) is 11.7. The number of nitrogens with two attached hydrogens (primary N) is 1. The van der Waals surface area contributed by atoms with Gasteiger partial charge in [0, 0.05) is 13.7 Å². The van der Waals surface area contributed by atoms with E-state index in [9.17, 15) is 0 Å². The number of methoxy groups -OCH3 is 1. The highest BCUT2D eigenvalue weighted by molar-refractivity contribution is 9.10. The van der Waals surface area contributed by atoms with Crippen LogP contribution in [-0.2, 0) is 4.74 Å². The number of fused-ring (bicyclic) bond motifs is 1. The number of benzene rings is 1. The molecule has 0 amide bonds. The number of hydrogen-bond acceptors (Lipinski definition) is 4. The fourth-order valence-electron chi connectivity index (χ4n) is 1.69. The second-order valence-electron chi connectivity index (χ2n) is 3.49. The smallest absolute Gasteiger partial charge is 0.175 e. The summed E-state index contributed by atoms with van der Waals surface area (Å²) in [5.41, 5.74) is 6.62. The Morgan fingerprint density at radius 3 is 2.88 bits per heavy atom. The fourth-order valence-corrected chi connectivity index (χ4v) is 2.26. The van der Waals surface area contributed by atoms with Gasteiger partial charge in [0.15, 0.2) is 11.5 Å². The number of ether oxygens (including phenoxy) is 3. The third kappa shape index (κ3) is 2.16. The van der Waals surface area contributed by atoms with Gasteiger partial charge in [-0.15, -0.1) is 0 Å². The van der Waals surface area contributed by atoms with E-state index in [0.29, 0.717) is 19.8 Å². The Kier molecular flexibility index (Phi) is 3.68. The summed E-state index contributed by atoms with van der Waals surface area (Å²) in [5.74, 6) is 1.49. The SMILES string of the molecule is COC(CN)c1cc(Br)c2c(c1)OCCO2. The van der Waals surface area contributed by atoms with E-state index >= 15 is 0 Å². The average Bonchev–Trinajstić information content (AvgIpc) is 2.31. The number of rotatable bonds is 3. The van der Waals surface area contributed by atoms with Crippen molar-refractivity contribution < 1.29 is 14.2 Å². The molecule has 16 heavy (non-hydrogen) atoms. The summed E-state index contributed by atoms with van der Waals surface area (Å²) in [5, 5.41) is 0. The van der Waals surface area contributed by atoms with Crippen LogP contribution in [-0.4, -0.2) is 26.9 Å². The molecule has 0 aliphatic carbocycles. The number of hydrogen-bond donors (Lipinski definition) is 1. The molecule has 4 nitrogen and oxygen atoms in total. The van der Waals surface area contributed by atoms with E-state index in [1.54, 1.807) is 7.11 Å². The summed E-state index contributed by atoms with van der Waals surface area (Å²) in [6.07, 6.45) is -0.118. The van der Waals surface area contributed by atoms with Crippen LogP contribution >= 0.6 is 15.9 Å². The zero-order chi connectivity index (χ0) is 11.5. The van der Waals surface area contributed by atoms with E-state index in [1.165, 1.54) is 0 Å². The molecule has 1 aliphatic heterocycles. The molecule has 0 saturated heterocycles. The van der Waals surface area contributed by atoms with Crippen molar-refractivity contribution in [3.05, 3.63) is 22.2 Å². The van der Waals surface area contributed by atoms with E-state index in [4.69, 9.17) is 19.9 Å². The van der Waals surface area contributed by atoms with Crippen molar-refractivity contribution in [1.82, 2.24) is 0 Å². The maximum absolute atomic E-state index is 5.63. The second kappa shape index (κ2) is 5.03. The molecular weight excluding hydrogens is 274 g/mol. The molecule has 5 heteroatoms. The molecule has 1 aliphatic rings. The van der Waals surface area contributed by atoms with Crippen molar-refractivity contribution >= 4 is 15.9 Å². The molecule has 1 aromatic carbocycles.